The Morgan fingerprint density at radius 2 is 1.72 bits per heavy atom. The summed E-state index contributed by atoms with van der Waals surface area (Å²) in [6.07, 6.45) is 0. The SMILES string of the molecule is COc1ccccc1N1CCN(C(=O)C(C)(C)C(=O)NC(C)C)CC1. The Morgan fingerprint density at radius 3 is 2.28 bits per heavy atom. The summed E-state index contributed by atoms with van der Waals surface area (Å²) in [6.45, 7) is 9.79. The molecule has 0 saturated carbocycles. The van der Waals surface area contributed by atoms with Crippen LogP contribution in [0, 0.1) is 5.41 Å². The molecule has 6 nitrogen and oxygen atoms in total. The van der Waals surface area contributed by atoms with E-state index in [1.165, 1.54) is 0 Å². The van der Waals surface area contributed by atoms with Crippen molar-refractivity contribution in [1.29, 1.82) is 0 Å². The average molecular weight is 347 g/mol. The van der Waals surface area contributed by atoms with E-state index in [4.69, 9.17) is 4.74 Å². The first kappa shape index (κ1) is 19.1. The third-order valence-corrected chi connectivity index (χ3v) is 4.51. The molecule has 1 heterocycles. The lowest BCUT2D eigenvalue weighted by Crippen LogP contribution is -2.56. The van der Waals surface area contributed by atoms with Gasteiger partial charge in [-0.3, -0.25) is 9.59 Å². The van der Waals surface area contributed by atoms with Crippen LogP contribution in [-0.4, -0.2) is 56.0 Å². The van der Waals surface area contributed by atoms with E-state index < -0.39 is 5.41 Å². The van der Waals surface area contributed by atoms with Crippen molar-refractivity contribution in [3.63, 3.8) is 0 Å². The maximum atomic E-state index is 12.8. The van der Waals surface area contributed by atoms with Gasteiger partial charge in [0.15, 0.2) is 0 Å². The minimum Gasteiger partial charge on any atom is -0.495 e. The zero-order valence-corrected chi connectivity index (χ0v) is 15.8. The molecule has 1 fully saturated rings. The highest BCUT2D eigenvalue weighted by molar-refractivity contribution is 6.04. The second-order valence-corrected chi connectivity index (χ2v) is 7.20. The maximum Gasteiger partial charge on any atom is 0.237 e. The third-order valence-electron chi connectivity index (χ3n) is 4.51. The number of para-hydroxylation sites is 2. The minimum atomic E-state index is -1.06. The summed E-state index contributed by atoms with van der Waals surface area (Å²) in [7, 11) is 1.66. The van der Waals surface area contributed by atoms with Gasteiger partial charge in [0.05, 0.1) is 12.8 Å². The van der Waals surface area contributed by atoms with Crippen LogP contribution in [0.3, 0.4) is 0 Å². The fourth-order valence-electron chi connectivity index (χ4n) is 2.98. The molecule has 0 atom stereocenters. The van der Waals surface area contributed by atoms with Crippen molar-refractivity contribution in [1.82, 2.24) is 10.2 Å². The number of piperazine rings is 1. The summed E-state index contributed by atoms with van der Waals surface area (Å²) in [5.74, 6) is 0.490. The summed E-state index contributed by atoms with van der Waals surface area (Å²) in [5.41, 5.74) is -0.0226. The second-order valence-electron chi connectivity index (χ2n) is 7.20. The highest BCUT2D eigenvalue weighted by atomic mass is 16.5. The Hall–Kier alpha value is -2.24. The number of nitrogens with one attached hydrogen (secondary N) is 1. The molecule has 1 aromatic carbocycles. The number of carbonyl (C=O) groups excluding carboxylic acids is 2. The quantitative estimate of drug-likeness (QED) is 0.827. The van der Waals surface area contributed by atoms with E-state index in [2.05, 4.69) is 10.2 Å². The van der Waals surface area contributed by atoms with Gasteiger partial charge in [0.2, 0.25) is 11.8 Å². The second kappa shape index (κ2) is 7.76. The van der Waals surface area contributed by atoms with Crippen molar-refractivity contribution in [2.24, 2.45) is 5.41 Å². The molecular weight excluding hydrogens is 318 g/mol. The molecule has 0 spiro atoms. The zero-order chi connectivity index (χ0) is 18.6. The Bertz CT molecular complexity index is 620. The van der Waals surface area contributed by atoms with Crippen molar-refractivity contribution in [3.05, 3.63) is 24.3 Å². The smallest absolute Gasteiger partial charge is 0.237 e. The van der Waals surface area contributed by atoms with Gasteiger partial charge in [-0.25, -0.2) is 0 Å². The molecule has 1 aromatic rings. The molecule has 1 saturated heterocycles. The third kappa shape index (κ3) is 4.24. The van der Waals surface area contributed by atoms with Crippen LogP contribution in [0.25, 0.3) is 0 Å². The fraction of sp³-hybridized carbons (Fsp3) is 0.579. The lowest BCUT2D eigenvalue weighted by Gasteiger charge is -2.39. The number of ether oxygens (including phenoxy) is 1. The van der Waals surface area contributed by atoms with Crippen molar-refractivity contribution in [2.75, 3.05) is 38.2 Å². The van der Waals surface area contributed by atoms with Gasteiger partial charge < -0.3 is 19.9 Å². The summed E-state index contributed by atoms with van der Waals surface area (Å²) in [5, 5.41) is 2.84. The molecule has 138 valence electrons. The van der Waals surface area contributed by atoms with Gasteiger partial charge in [0.25, 0.3) is 0 Å². The number of carbonyl (C=O) groups is 2. The summed E-state index contributed by atoms with van der Waals surface area (Å²) in [4.78, 5) is 29.2. The highest BCUT2D eigenvalue weighted by Crippen LogP contribution is 2.29. The number of amides is 2. The summed E-state index contributed by atoms with van der Waals surface area (Å²) >= 11 is 0. The van der Waals surface area contributed by atoms with Crippen LogP contribution >= 0.6 is 0 Å². The molecule has 6 heteroatoms. The van der Waals surface area contributed by atoms with Gasteiger partial charge in [0.1, 0.15) is 11.2 Å². The maximum absolute atomic E-state index is 12.8. The van der Waals surface area contributed by atoms with Gasteiger partial charge in [-0.05, 0) is 39.8 Å². The first-order valence-corrected chi connectivity index (χ1v) is 8.75. The van der Waals surface area contributed by atoms with Gasteiger partial charge >= 0.3 is 0 Å². The lowest BCUT2D eigenvalue weighted by molar-refractivity contribution is -0.149. The van der Waals surface area contributed by atoms with Gasteiger partial charge in [-0.1, -0.05) is 12.1 Å². The Labute approximate surface area is 150 Å². The number of nitrogens with zero attached hydrogens (tertiary/aromatic N) is 2. The van der Waals surface area contributed by atoms with Crippen LogP contribution in [0.4, 0.5) is 5.69 Å². The number of rotatable bonds is 5. The van der Waals surface area contributed by atoms with Crippen LogP contribution in [0.15, 0.2) is 24.3 Å². The molecule has 0 aromatic heterocycles. The molecule has 25 heavy (non-hydrogen) atoms. The van der Waals surface area contributed by atoms with Crippen LogP contribution in [0.1, 0.15) is 27.7 Å². The molecule has 0 bridgehead atoms. The molecule has 1 N–H and O–H groups in total. The zero-order valence-electron chi connectivity index (χ0n) is 15.8. The minimum absolute atomic E-state index is 0.0157. The average Bonchev–Trinajstić information content (AvgIpc) is 2.60. The first-order chi connectivity index (χ1) is 11.8. The molecule has 1 aliphatic heterocycles. The fourth-order valence-corrected chi connectivity index (χ4v) is 2.98. The predicted octanol–water partition coefficient (Wildman–Crippen LogP) is 1.89. The van der Waals surface area contributed by atoms with Gasteiger partial charge in [0, 0.05) is 32.2 Å². The van der Waals surface area contributed by atoms with Crippen LogP contribution in [-0.2, 0) is 9.59 Å². The molecule has 2 amide bonds. The van der Waals surface area contributed by atoms with E-state index in [0.29, 0.717) is 26.2 Å². The van der Waals surface area contributed by atoms with Crippen LogP contribution in [0.5, 0.6) is 5.75 Å². The number of methoxy groups -OCH3 is 1. The normalized spacial score (nSPS) is 15.3. The van der Waals surface area contributed by atoms with E-state index >= 15 is 0 Å². The Morgan fingerprint density at radius 1 is 1.12 bits per heavy atom. The highest BCUT2D eigenvalue weighted by Gasteiger charge is 2.40. The van der Waals surface area contributed by atoms with E-state index in [1.54, 1.807) is 25.9 Å². The topological polar surface area (TPSA) is 61.9 Å². The Kier molecular flexibility index (Phi) is 5.93. The predicted molar refractivity (Wildman–Crippen MR) is 98.8 cm³/mol. The number of hydrogen-bond donors (Lipinski definition) is 1. The van der Waals surface area contributed by atoms with Crippen molar-refractivity contribution in [2.45, 2.75) is 33.7 Å². The molecule has 2 rings (SSSR count). The first-order valence-electron chi connectivity index (χ1n) is 8.75. The standard InChI is InChI=1S/C19H29N3O3/c1-14(2)20-17(23)19(3,4)18(24)22-12-10-21(11-13-22)15-8-6-7-9-16(15)25-5/h6-9,14H,10-13H2,1-5H3,(H,20,23). The van der Waals surface area contributed by atoms with E-state index in [-0.39, 0.29) is 17.9 Å². The molecule has 0 unspecified atom stereocenters. The van der Waals surface area contributed by atoms with E-state index in [9.17, 15) is 9.59 Å². The van der Waals surface area contributed by atoms with Crippen LogP contribution in [0.2, 0.25) is 0 Å². The van der Waals surface area contributed by atoms with E-state index in [0.717, 1.165) is 11.4 Å². The summed E-state index contributed by atoms with van der Waals surface area (Å²) < 4.78 is 5.42. The number of anilines is 1. The van der Waals surface area contributed by atoms with Crippen molar-refractivity contribution < 1.29 is 14.3 Å². The van der Waals surface area contributed by atoms with Gasteiger partial charge in [-0.2, -0.15) is 0 Å². The lowest BCUT2D eigenvalue weighted by atomic mass is 9.89. The van der Waals surface area contributed by atoms with Gasteiger partial charge in [-0.15, -0.1) is 0 Å². The van der Waals surface area contributed by atoms with E-state index in [1.807, 2.05) is 38.1 Å². The number of benzene rings is 1. The monoisotopic (exact) mass is 347 g/mol. The number of hydrogen-bond acceptors (Lipinski definition) is 4. The largest absolute Gasteiger partial charge is 0.495 e. The molecular formula is C19H29N3O3. The van der Waals surface area contributed by atoms with Crippen molar-refractivity contribution >= 4 is 17.5 Å². The molecule has 0 radical (unpaired) electrons. The van der Waals surface area contributed by atoms with Crippen LogP contribution < -0.4 is 15.0 Å². The van der Waals surface area contributed by atoms with Crippen molar-refractivity contribution in [3.8, 4) is 5.75 Å². The molecule has 1 aliphatic rings. The Balaban J connectivity index is 2.01. The molecule has 0 aliphatic carbocycles. The summed E-state index contributed by atoms with van der Waals surface area (Å²) in [6, 6.07) is 7.90.